The van der Waals surface area contributed by atoms with Crippen molar-refractivity contribution in [2.45, 2.75) is 18.3 Å². The van der Waals surface area contributed by atoms with Crippen LogP contribution in [0, 0.1) is 6.92 Å². The molecule has 0 spiro atoms. The van der Waals surface area contributed by atoms with Gasteiger partial charge in [-0.05, 0) is 19.1 Å². The first-order valence-corrected chi connectivity index (χ1v) is 11.8. The van der Waals surface area contributed by atoms with Gasteiger partial charge in [-0.25, -0.2) is 14.6 Å². The minimum absolute atomic E-state index is 0.0619. The number of hydrogen-bond donors (Lipinski definition) is 1. The molecule has 0 saturated carbocycles. The molecule has 1 saturated heterocycles. The summed E-state index contributed by atoms with van der Waals surface area (Å²) in [4.78, 5) is 60.0. The van der Waals surface area contributed by atoms with E-state index in [2.05, 4.69) is 26.7 Å². The molecule has 0 aliphatic carbocycles. The Kier molecular flexibility index (Phi) is 7.87. The molecule has 172 valence electrons. The summed E-state index contributed by atoms with van der Waals surface area (Å²) in [5.74, 6) is -2.79. The van der Waals surface area contributed by atoms with E-state index < -0.39 is 40.9 Å². The first-order valence-electron chi connectivity index (χ1n) is 9.30. The van der Waals surface area contributed by atoms with Gasteiger partial charge in [-0.15, -0.1) is 34.7 Å². The van der Waals surface area contributed by atoms with Crippen LogP contribution in [0.25, 0.3) is 0 Å². The number of aromatic nitrogens is 1. The summed E-state index contributed by atoms with van der Waals surface area (Å²) in [5, 5.41) is 8.02. The quantitative estimate of drug-likeness (QED) is 0.0866. The minimum Gasteiger partial charge on any atom is -0.539 e. The van der Waals surface area contributed by atoms with Crippen molar-refractivity contribution in [2.24, 2.45) is 5.16 Å². The van der Waals surface area contributed by atoms with Crippen LogP contribution in [0.5, 0.6) is 0 Å². The van der Waals surface area contributed by atoms with Gasteiger partial charge in [-0.2, -0.15) is 0 Å². The predicted molar refractivity (Wildman–Crippen MR) is 126 cm³/mol. The molecule has 0 unspecified atom stereocenters. The number of amides is 2. The van der Waals surface area contributed by atoms with E-state index in [9.17, 15) is 19.2 Å². The Morgan fingerprint density at radius 2 is 2.12 bits per heavy atom. The Hall–Kier alpha value is -2.77. The Balaban J connectivity index is 1.81. The summed E-state index contributed by atoms with van der Waals surface area (Å²) in [6, 6.07) is -0.937. The maximum Gasteiger partial charge on any atom is 0.358 e. The van der Waals surface area contributed by atoms with Crippen LogP contribution in [0.15, 0.2) is 34.1 Å². The summed E-state index contributed by atoms with van der Waals surface area (Å²) in [5.41, 5.74) is 0.583. The van der Waals surface area contributed by atoms with Crippen LogP contribution in [0.4, 0.5) is 0 Å². The third kappa shape index (κ3) is 4.94. The zero-order chi connectivity index (χ0) is 24.3. The highest BCUT2D eigenvalue weighted by Crippen LogP contribution is 2.40. The molecule has 2 aliphatic rings. The fourth-order valence-corrected chi connectivity index (χ4v) is 5.29. The largest absolute Gasteiger partial charge is 0.539 e. The Morgan fingerprint density at radius 1 is 1.39 bits per heavy atom. The maximum absolute atomic E-state index is 13.0. The molecule has 2 aliphatic heterocycles. The lowest BCUT2D eigenvalue weighted by molar-refractivity contribution is -0.149. The van der Waals surface area contributed by atoms with Crippen molar-refractivity contribution < 1.29 is 33.3 Å². The number of fused-ring (bicyclic) bond motifs is 1. The minimum atomic E-state index is -0.937. The van der Waals surface area contributed by atoms with Crippen molar-refractivity contribution in [3.05, 3.63) is 39.7 Å². The van der Waals surface area contributed by atoms with Gasteiger partial charge in [0.05, 0.1) is 5.01 Å². The second-order valence-electron chi connectivity index (χ2n) is 6.64. The molecule has 1 aromatic rings. The van der Waals surface area contributed by atoms with Gasteiger partial charge >= 0.3 is 28.0 Å². The Labute approximate surface area is 203 Å². The molecular formula is C17H17B2ClN4O7S2. The van der Waals surface area contributed by atoms with Crippen molar-refractivity contribution in [3.63, 3.8) is 0 Å². The van der Waals surface area contributed by atoms with Crippen LogP contribution >= 0.6 is 34.7 Å². The molecule has 1 fully saturated rings. The number of alkyl halides is 1. The fraction of sp³-hybridized carbons (Fsp3) is 0.294. The molecule has 2 amide bonds. The summed E-state index contributed by atoms with van der Waals surface area (Å²) in [6.07, 6.45) is 0. The van der Waals surface area contributed by atoms with Gasteiger partial charge in [-0.3, -0.25) is 14.5 Å². The van der Waals surface area contributed by atoms with Crippen LogP contribution in [-0.4, -0.2) is 78.5 Å². The number of carbonyl (C=O) groups is 4. The van der Waals surface area contributed by atoms with E-state index in [0.29, 0.717) is 16.3 Å². The zero-order valence-corrected chi connectivity index (χ0v) is 20.1. The molecule has 33 heavy (non-hydrogen) atoms. The van der Waals surface area contributed by atoms with Crippen molar-refractivity contribution in [2.75, 3.05) is 11.6 Å². The average Bonchev–Trinajstić information content (AvgIpc) is 3.25. The van der Waals surface area contributed by atoms with Gasteiger partial charge in [0.15, 0.2) is 5.71 Å². The standard InChI is InChI=1S/C17H17B2ClN4O7S2/c1-6(16(27)29-18)31-23-10(9-5-32-7(2)21-9)13(25)22-11-14(26)24-12(17(28)30-19)8(3-20)4-33-15(11)24/h5,11,15H,1,3-4,18-19H2,2H3,(H,22,25)/b23-10-/t11-,15-/m1/s1. The van der Waals surface area contributed by atoms with Crippen molar-refractivity contribution >= 4 is 80.3 Å². The lowest BCUT2D eigenvalue weighted by Crippen LogP contribution is -2.71. The van der Waals surface area contributed by atoms with E-state index in [1.807, 2.05) is 0 Å². The molecule has 1 N–H and O–H groups in total. The SMILES string of the molecule is BOC(=O)C(=C)O/N=C(\C(=O)N[C@@H]1C(=O)N2C(C(=O)OB)=C(CCl)CS[C@H]12)c1csc(C)n1. The first kappa shape index (κ1) is 24.9. The van der Waals surface area contributed by atoms with E-state index in [0.717, 1.165) is 8.05 Å². The number of oxime groups is 1. The number of carbonyl (C=O) groups excluding carboxylic acids is 4. The number of halogens is 1. The van der Waals surface area contributed by atoms with Gasteiger partial charge < -0.3 is 19.5 Å². The van der Waals surface area contributed by atoms with E-state index >= 15 is 0 Å². The molecule has 3 heterocycles. The smallest absolute Gasteiger partial charge is 0.358 e. The molecule has 0 bridgehead atoms. The third-order valence-electron chi connectivity index (χ3n) is 4.61. The second kappa shape index (κ2) is 10.4. The summed E-state index contributed by atoms with van der Waals surface area (Å²) in [6.45, 7) is 5.12. The molecule has 16 heteroatoms. The Morgan fingerprint density at radius 3 is 2.70 bits per heavy atom. The van der Waals surface area contributed by atoms with Gasteiger partial charge in [0.2, 0.25) is 5.76 Å². The topological polar surface area (TPSA) is 136 Å². The Bertz CT molecular complexity index is 1090. The zero-order valence-electron chi connectivity index (χ0n) is 17.7. The number of hydrogen-bond acceptors (Lipinski definition) is 11. The number of nitrogens with one attached hydrogen (secondary N) is 1. The highest BCUT2D eigenvalue weighted by atomic mass is 35.5. The number of thiazole rings is 1. The molecule has 3 rings (SSSR count). The lowest BCUT2D eigenvalue weighted by atomic mass is 10.0. The highest BCUT2D eigenvalue weighted by Gasteiger charge is 2.54. The van der Waals surface area contributed by atoms with Crippen LogP contribution in [-0.2, 0) is 33.3 Å². The van der Waals surface area contributed by atoms with E-state index in [1.165, 1.54) is 36.0 Å². The van der Waals surface area contributed by atoms with Gasteiger partial charge in [0.25, 0.3) is 11.8 Å². The van der Waals surface area contributed by atoms with Crippen molar-refractivity contribution in [3.8, 4) is 0 Å². The van der Waals surface area contributed by atoms with E-state index in [1.54, 1.807) is 12.3 Å². The predicted octanol–water partition coefficient (Wildman–Crippen LogP) is -1.24. The molecule has 0 radical (unpaired) electrons. The van der Waals surface area contributed by atoms with Crippen molar-refractivity contribution in [1.82, 2.24) is 15.2 Å². The number of rotatable bonds is 8. The van der Waals surface area contributed by atoms with E-state index in [-0.39, 0.29) is 23.0 Å². The number of β-lactam (4-membered cyclic amide) rings is 1. The maximum atomic E-state index is 13.0. The highest BCUT2D eigenvalue weighted by molar-refractivity contribution is 8.00. The molecular weight excluding hydrogens is 493 g/mol. The second-order valence-corrected chi connectivity index (χ2v) is 9.07. The number of nitrogens with zero attached hydrogens (tertiary/aromatic N) is 3. The summed E-state index contributed by atoms with van der Waals surface area (Å²) >= 11 is 8.54. The van der Waals surface area contributed by atoms with Gasteiger partial charge in [0, 0.05) is 17.0 Å². The first-order chi connectivity index (χ1) is 15.7. The van der Waals surface area contributed by atoms with Gasteiger partial charge in [0.1, 0.15) is 22.8 Å². The fourth-order valence-electron chi connectivity index (χ4n) is 3.01. The summed E-state index contributed by atoms with van der Waals surface area (Å²) in [7, 11) is 2.35. The van der Waals surface area contributed by atoms with Gasteiger partial charge in [-0.1, -0.05) is 5.16 Å². The normalized spacial score (nSPS) is 19.9. The van der Waals surface area contributed by atoms with Crippen molar-refractivity contribution in [1.29, 1.82) is 0 Å². The number of aryl methyl sites for hydroxylation is 1. The van der Waals surface area contributed by atoms with Crippen LogP contribution in [0.2, 0.25) is 0 Å². The number of thioether (sulfide) groups is 1. The van der Waals surface area contributed by atoms with E-state index in [4.69, 9.17) is 21.1 Å². The molecule has 0 aromatic carbocycles. The van der Waals surface area contributed by atoms with Crippen LogP contribution in [0.1, 0.15) is 10.7 Å². The molecule has 1 aromatic heterocycles. The summed E-state index contributed by atoms with van der Waals surface area (Å²) < 4.78 is 9.27. The van der Waals surface area contributed by atoms with Crippen LogP contribution < -0.4 is 5.32 Å². The molecule has 11 nitrogen and oxygen atoms in total. The molecule has 2 atom stereocenters. The lowest BCUT2D eigenvalue weighted by Gasteiger charge is -2.49. The van der Waals surface area contributed by atoms with Crippen LogP contribution in [0.3, 0.4) is 0 Å². The third-order valence-corrected chi connectivity index (χ3v) is 7.05. The monoisotopic (exact) mass is 510 g/mol. The average molecular weight is 511 g/mol.